The minimum Gasteiger partial charge on any atom is -0.453 e. The minimum absolute atomic E-state index is 0.209. The minimum atomic E-state index is -0.942. The number of aliphatic hydroxyl groups is 1. The largest absolute Gasteiger partial charge is 0.453 e. The molecule has 2 heterocycles. The first-order valence-electron chi connectivity index (χ1n) is 7.83. The maximum atomic E-state index is 12.5. The van der Waals surface area contributed by atoms with Crippen molar-refractivity contribution in [3.63, 3.8) is 0 Å². The van der Waals surface area contributed by atoms with E-state index in [1.807, 2.05) is 18.2 Å². The fraction of sp³-hybridized carbons (Fsp3) is 0.389. The van der Waals surface area contributed by atoms with Crippen molar-refractivity contribution in [2.24, 2.45) is 0 Å². The molecule has 24 heavy (non-hydrogen) atoms. The molecule has 1 saturated heterocycles. The summed E-state index contributed by atoms with van der Waals surface area (Å²) in [6.45, 7) is 1.10. The maximum Gasteiger partial charge on any atom is 0.289 e. The highest BCUT2D eigenvalue weighted by molar-refractivity contribution is 6.30. The summed E-state index contributed by atoms with van der Waals surface area (Å²) in [6.07, 6.45) is 0.987. The van der Waals surface area contributed by atoms with Crippen molar-refractivity contribution in [3.8, 4) is 0 Å². The lowest BCUT2D eigenvalue weighted by molar-refractivity contribution is 0.0433. The van der Waals surface area contributed by atoms with Gasteiger partial charge in [0.25, 0.3) is 5.91 Å². The van der Waals surface area contributed by atoms with Crippen molar-refractivity contribution in [1.82, 2.24) is 4.90 Å². The van der Waals surface area contributed by atoms with E-state index in [0.29, 0.717) is 36.8 Å². The summed E-state index contributed by atoms with van der Waals surface area (Å²) in [5.74, 6) is 0.669. The highest BCUT2D eigenvalue weighted by atomic mass is 35.5. The zero-order chi connectivity index (χ0) is 17.2. The second-order valence-electron chi connectivity index (χ2n) is 6.21. The normalized spacial score (nSPS) is 20.5. The number of rotatable bonds is 5. The highest BCUT2D eigenvalue weighted by Crippen LogP contribution is 2.28. The van der Waals surface area contributed by atoms with E-state index < -0.39 is 5.60 Å². The van der Waals surface area contributed by atoms with E-state index >= 15 is 0 Å². The molecule has 1 fully saturated rings. The van der Waals surface area contributed by atoms with Gasteiger partial charge in [-0.05, 0) is 36.2 Å². The van der Waals surface area contributed by atoms with Crippen LogP contribution in [0, 0.1) is 0 Å². The summed E-state index contributed by atoms with van der Waals surface area (Å²) in [7, 11) is 1.57. The maximum absolute atomic E-state index is 12.5. The van der Waals surface area contributed by atoms with Gasteiger partial charge in [0.1, 0.15) is 12.4 Å². The van der Waals surface area contributed by atoms with Crippen molar-refractivity contribution in [2.75, 3.05) is 20.2 Å². The molecule has 1 aromatic carbocycles. The lowest BCUT2D eigenvalue weighted by Crippen LogP contribution is -2.37. The standard InChI is InChI=1S/C18H20ClNO4/c1-23-11-15-5-6-16(24-15)17(21)20-8-7-18(22,12-20)10-13-3-2-4-14(19)9-13/h2-6,9,22H,7-8,10-12H2,1H3. The number of hydrogen-bond donors (Lipinski definition) is 1. The summed E-state index contributed by atoms with van der Waals surface area (Å²) in [5, 5.41) is 11.4. The number of furan rings is 1. The number of amides is 1. The van der Waals surface area contributed by atoms with E-state index in [9.17, 15) is 9.90 Å². The van der Waals surface area contributed by atoms with Crippen LogP contribution in [-0.2, 0) is 17.8 Å². The summed E-state index contributed by atoms with van der Waals surface area (Å²) < 4.78 is 10.5. The average molecular weight is 350 g/mol. The molecule has 1 N–H and O–H groups in total. The van der Waals surface area contributed by atoms with Gasteiger partial charge in [0, 0.05) is 25.1 Å². The molecule has 0 spiro atoms. The quantitative estimate of drug-likeness (QED) is 0.901. The lowest BCUT2D eigenvalue weighted by atomic mass is 9.94. The van der Waals surface area contributed by atoms with Crippen molar-refractivity contribution in [3.05, 3.63) is 58.5 Å². The fourth-order valence-corrected chi connectivity index (χ4v) is 3.28. The van der Waals surface area contributed by atoms with Crippen LogP contribution in [0.4, 0.5) is 0 Å². The number of hydrogen-bond acceptors (Lipinski definition) is 4. The Morgan fingerprint density at radius 1 is 1.42 bits per heavy atom. The van der Waals surface area contributed by atoms with E-state index in [0.717, 1.165) is 5.56 Å². The summed E-state index contributed by atoms with van der Waals surface area (Å²) in [6, 6.07) is 10.8. The molecule has 1 unspecified atom stereocenters. The van der Waals surface area contributed by atoms with Crippen LogP contribution >= 0.6 is 11.6 Å². The number of β-amino-alcohol motifs (C(OH)–C–C–N with tert-alkyl or cyclic N) is 1. The average Bonchev–Trinajstić information content (AvgIpc) is 3.14. The second kappa shape index (κ2) is 6.97. The molecule has 128 valence electrons. The Morgan fingerprint density at radius 3 is 3.00 bits per heavy atom. The molecule has 0 radical (unpaired) electrons. The number of halogens is 1. The number of benzene rings is 1. The monoisotopic (exact) mass is 349 g/mol. The van der Waals surface area contributed by atoms with Gasteiger partial charge in [0.05, 0.1) is 12.1 Å². The van der Waals surface area contributed by atoms with Crippen LogP contribution in [0.1, 0.15) is 28.3 Å². The van der Waals surface area contributed by atoms with Crippen LogP contribution in [0.2, 0.25) is 5.02 Å². The third-order valence-electron chi connectivity index (χ3n) is 4.20. The molecule has 3 rings (SSSR count). The van der Waals surface area contributed by atoms with Gasteiger partial charge >= 0.3 is 0 Å². The predicted molar refractivity (Wildman–Crippen MR) is 90.0 cm³/mol. The zero-order valence-electron chi connectivity index (χ0n) is 13.5. The Hall–Kier alpha value is -1.82. The molecule has 0 aliphatic carbocycles. The number of nitrogens with zero attached hydrogens (tertiary/aromatic N) is 1. The zero-order valence-corrected chi connectivity index (χ0v) is 14.3. The van der Waals surface area contributed by atoms with Gasteiger partial charge in [-0.2, -0.15) is 0 Å². The molecule has 1 aliphatic rings. The molecule has 5 nitrogen and oxygen atoms in total. The summed E-state index contributed by atoms with van der Waals surface area (Å²) in [5.41, 5.74) is 0.0159. The second-order valence-corrected chi connectivity index (χ2v) is 6.64. The Labute approximate surface area is 145 Å². The van der Waals surface area contributed by atoms with Gasteiger partial charge in [0.2, 0.25) is 0 Å². The van der Waals surface area contributed by atoms with Gasteiger partial charge in [0.15, 0.2) is 5.76 Å². The van der Waals surface area contributed by atoms with Crippen molar-refractivity contribution in [1.29, 1.82) is 0 Å². The van der Waals surface area contributed by atoms with E-state index in [1.165, 1.54) is 0 Å². The van der Waals surface area contributed by atoms with Gasteiger partial charge in [-0.15, -0.1) is 0 Å². The number of likely N-dealkylation sites (tertiary alicyclic amines) is 1. The van der Waals surface area contributed by atoms with E-state index in [1.54, 1.807) is 30.2 Å². The van der Waals surface area contributed by atoms with E-state index in [-0.39, 0.29) is 18.2 Å². The molecule has 0 bridgehead atoms. The Balaban J connectivity index is 1.66. The van der Waals surface area contributed by atoms with Gasteiger partial charge < -0.3 is 19.2 Å². The summed E-state index contributed by atoms with van der Waals surface area (Å²) in [4.78, 5) is 14.1. The van der Waals surface area contributed by atoms with Gasteiger partial charge in [-0.3, -0.25) is 4.79 Å². The first-order chi connectivity index (χ1) is 11.5. The van der Waals surface area contributed by atoms with Crippen LogP contribution in [0.15, 0.2) is 40.8 Å². The van der Waals surface area contributed by atoms with Gasteiger partial charge in [-0.1, -0.05) is 23.7 Å². The molecular formula is C18H20ClNO4. The van der Waals surface area contributed by atoms with E-state index in [4.69, 9.17) is 20.8 Å². The van der Waals surface area contributed by atoms with Crippen LogP contribution in [0.25, 0.3) is 0 Å². The topological polar surface area (TPSA) is 62.9 Å². The number of methoxy groups -OCH3 is 1. The SMILES string of the molecule is COCc1ccc(C(=O)N2CCC(O)(Cc3cccc(Cl)c3)C2)o1. The van der Waals surface area contributed by atoms with E-state index in [2.05, 4.69) is 0 Å². The van der Waals surface area contributed by atoms with Crippen molar-refractivity contribution < 1.29 is 19.1 Å². The lowest BCUT2D eigenvalue weighted by Gasteiger charge is -2.23. The number of carbonyl (C=O) groups excluding carboxylic acids is 1. The summed E-state index contributed by atoms with van der Waals surface area (Å²) >= 11 is 5.99. The molecule has 6 heteroatoms. The van der Waals surface area contributed by atoms with Crippen molar-refractivity contribution >= 4 is 17.5 Å². The van der Waals surface area contributed by atoms with Crippen molar-refractivity contribution in [2.45, 2.75) is 25.0 Å². The molecule has 1 amide bonds. The molecule has 1 aromatic heterocycles. The van der Waals surface area contributed by atoms with Crippen LogP contribution < -0.4 is 0 Å². The Bertz CT molecular complexity index is 729. The first kappa shape index (κ1) is 17.0. The third kappa shape index (κ3) is 3.80. The molecule has 1 aliphatic heterocycles. The van der Waals surface area contributed by atoms with Gasteiger partial charge in [-0.25, -0.2) is 0 Å². The first-order valence-corrected chi connectivity index (χ1v) is 8.21. The van der Waals surface area contributed by atoms with Crippen LogP contribution in [0.5, 0.6) is 0 Å². The number of ether oxygens (including phenoxy) is 1. The predicted octanol–water partition coefficient (Wildman–Crippen LogP) is 2.90. The molecule has 1 atom stereocenters. The fourth-order valence-electron chi connectivity index (χ4n) is 3.07. The molecule has 0 saturated carbocycles. The highest BCUT2D eigenvalue weighted by Gasteiger charge is 2.39. The third-order valence-corrected chi connectivity index (χ3v) is 4.44. The van der Waals surface area contributed by atoms with Crippen LogP contribution in [-0.4, -0.2) is 41.7 Å². The Kier molecular flexibility index (Phi) is 4.94. The van der Waals surface area contributed by atoms with Crippen LogP contribution in [0.3, 0.4) is 0 Å². The molecular weight excluding hydrogens is 330 g/mol. The number of carbonyl (C=O) groups is 1. The Morgan fingerprint density at radius 2 is 2.25 bits per heavy atom. The molecule has 2 aromatic rings. The smallest absolute Gasteiger partial charge is 0.289 e.